The Morgan fingerprint density at radius 2 is 1.65 bits per heavy atom. The lowest BCUT2D eigenvalue weighted by molar-refractivity contribution is -0.147. The van der Waals surface area contributed by atoms with Crippen LogP contribution in [0.4, 0.5) is 0 Å². The predicted octanol–water partition coefficient (Wildman–Crippen LogP) is 1.72. The fourth-order valence-electron chi connectivity index (χ4n) is 2.59. The number of aliphatic hydroxyl groups excluding tert-OH is 2. The third-order valence-electron chi connectivity index (χ3n) is 4.08. The summed E-state index contributed by atoms with van der Waals surface area (Å²) in [5.41, 5.74) is -1.80. The molecule has 0 amide bonds. The van der Waals surface area contributed by atoms with Crippen molar-refractivity contribution < 1.29 is 20.1 Å². The van der Waals surface area contributed by atoms with E-state index in [2.05, 4.69) is 0 Å². The van der Waals surface area contributed by atoms with E-state index in [1.807, 2.05) is 12.1 Å². The van der Waals surface area contributed by atoms with Crippen molar-refractivity contribution in [1.82, 2.24) is 0 Å². The maximum Gasteiger partial charge on any atom is 0.318 e. The molecule has 1 aromatic heterocycles. The number of carboxylic acid groups (broad SMARTS) is 1. The van der Waals surface area contributed by atoms with Crippen molar-refractivity contribution in [2.75, 3.05) is 13.2 Å². The van der Waals surface area contributed by atoms with E-state index in [-0.39, 0.29) is 11.0 Å². The lowest BCUT2D eigenvalue weighted by Crippen LogP contribution is -2.43. The highest BCUT2D eigenvalue weighted by Crippen LogP contribution is 2.30. The maximum atomic E-state index is 12.6. The number of benzene rings is 2. The van der Waals surface area contributed by atoms with Crippen LogP contribution in [0.1, 0.15) is 5.56 Å². The molecule has 6 heteroatoms. The van der Waals surface area contributed by atoms with Crippen molar-refractivity contribution in [3.05, 3.63) is 58.3 Å². The molecule has 118 valence electrons. The zero-order valence-electron chi connectivity index (χ0n) is 12.0. The molecule has 2 aromatic carbocycles. The molecule has 0 aliphatic carbocycles. The first-order chi connectivity index (χ1) is 11.0. The van der Waals surface area contributed by atoms with Crippen LogP contribution >= 0.6 is 11.3 Å². The van der Waals surface area contributed by atoms with Gasteiger partial charge in [0, 0.05) is 20.2 Å². The van der Waals surface area contributed by atoms with Gasteiger partial charge in [-0.1, -0.05) is 18.2 Å². The number of aliphatic hydroxyl groups is 2. The lowest BCUT2D eigenvalue weighted by atomic mass is 9.81. The summed E-state index contributed by atoms with van der Waals surface area (Å²) >= 11 is 1.44. The molecule has 0 spiro atoms. The first-order valence-electron chi connectivity index (χ1n) is 6.95. The van der Waals surface area contributed by atoms with Crippen molar-refractivity contribution >= 4 is 37.5 Å². The van der Waals surface area contributed by atoms with Gasteiger partial charge in [-0.15, -0.1) is 11.3 Å². The van der Waals surface area contributed by atoms with Gasteiger partial charge >= 0.3 is 5.97 Å². The molecule has 0 saturated heterocycles. The van der Waals surface area contributed by atoms with Crippen LogP contribution in [0.15, 0.2) is 47.3 Å². The Morgan fingerprint density at radius 3 is 2.30 bits per heavy atom. The van der Waals surface area contributed by atoms with Crippen molar-refractivity contribution in [2.45, 2.75) is 5.41 Å². The average molecular weight is 330 g/mol. The molecular formula is C17H14O5S. The van der Waals surface area contributed by atoms with Gasteiger partial charge in [0.15, 0.2) is 5.43 Å². The molecule has 0 fully saturated rings. The summed E-state index contributed by atoms with van der Waals surface area (Å²) in [5, 5.41) is 29.3. The van der Waals surface area contributed by atoms with E-state index in [1.165, 1.54) is 23.5 Å². The highest BCUT2D eigenvalue weighted by molar-refractivity contribution is 7.24. The van der Waals surface area contributed by atoms with Crippen LogP contribution in [-0.2, 0) is 10.2 Å². The van der Waals surface area contributed by atoms with E-state index in [1.54, 1.807) is 18.2 Å². The Labute approximate surface area is 135 Å². The number of carboxylic acids is 1. The summed E-state index contributed by atoms with van der Waals surface area (Å²) in [6.45, 7) is -1.51. The van der Waals surface area contributed by atoms with Gasteiger partial charge < -0.3 is 15.3 Å². The topological polar surface area (TPSA) is 94.8 Å². The Morgan fingerprint density at radius 1 is 1.00 bits per heavy atom. The highest BCUT2D eigenvalue weighted by Gasteiger charge is 2.39. The summed E-state index contributed by atoms with van der Waals surface area (Å²) in [4.78, 5) is 24.2. The Hall–Kier alpha value is -2.28. The Bertz CT molecular complexity index is 956. The highest BCUT2D eigenvalue weighted by atomic mass is 32.1. The number of rotatable bonds is 4. The van der Waals surface area contributed by atoms with Crippen molar-refractivity contribution in [1.29, 1.82) is 0 Å². The molecular weight excluding hydrogens is 316 g/mol. The number of hydrogen-bond donors (Lipinski definition) is 3. The third kappa shape index (κ3) is 2.31. The third-order valence-corrected chi connectivity index (χ3v) is 5.23. The molecule has 3 aromatic rings. The Kier molecular flexibility index (Phi) is 3.89. The minimum atomic E-state index is -1.82. The van der Waals surface area contributed by atoms with E-state index in [9.17, 15) is 24.9 Å². The SMILES string of the molecule is O=C(O)C(CO)(CO)c1ccc2sc3ccccc3c(=O)c2c1. The predicted molar refractivity (Wildman–Crippen MR) is 89.1 cm³/mol. The van der Waals surface area contributed by atoms with E-state index in [0.717, 1.165) is 9.40 Å². The van der Waals surface area contributed by atoms with Crippen LogP contribution in [-0.4, -0.2) is 34.5 Å². The van der Waals surface area contributed by atoms with Crippen LogP contribution in [0, 0.1) is 0 Å². The zero-order chi connectivity index (χ0) is 16.6. The molecule has 0 unspecified atom stereocenters. The van der Waals surface area contributed by atoms with Crippen LogP contribution in [0.25, 0.3) is 20.2 Å². The molecule has 0 saturated carbocycles. The summed E-state index contributed by atoms with van der Waals surface area (Å²) in [6.07, 6.45) is 0. The second kappa shape index (κ2) is 5.73. The van der Waals surface area contributed by atoms with Gasteiger partial charge in [-0.25, -0.2) is 0 Å². The molecule has 5 nitrogen and oxygen atoms in total. The molecule has 1 heterocycles. The minimum Gasteiger partial charge on any atom is -0.480 e. The van der Waals surface area contributed by atoms with Gasteiger partial charge in [0.1, 0.15) is 5.41 Å². The van der Waals surface area contributed by atoms with Crippen LogP contribution < -0.4 is 5.43 Å². The summed E-state index contributed by atoms with van der Waals surface area (Å²) in [6, 6.07) is 11.9. The van der Waals surface area contributed by atoms with Crippen molar-refractivity contribution in [2.24, 2.45) is 0 Å². The fourth-order valence-corrected chi connectivity index (χ4v) is 3.64. The Balaban J connectivity index is 2.35. The summed E-state index contributed by atoms with van der Waals surface area (Å²) < 4.78 is 1.58. The minimum absolute atomic E-state index is 0.189. The molecule has 0 bridgehead atoms. The molecule has 0 aliphatic rings. The zero-order valence-corrected chi connectivity index (χ0v) is 12.8. The van der Waals surface area contributed by atoms with Crippen LogP contribution in [0.2, 0.25) is 0 Å². The van der Waals surface area contributed by atoms with Crippen LogP contribution in [0.3, 0.4) is 0 Å². The standard InChI is InChI=1S/C17H14O5S/c18-8-17(9-19,16(21)22)10-5-6-14-12(7-10)15(20)11-3-1-2-4-13(11)23-14/h1-7,18-19H,8-9H2,(H,21,22). The van der Waals surface area contributed by atoms with E-state index in [4.69, 9.17) is 0 Å². The first-order valence-corrected chi connectivity index (χ1v) is 7.76. The second-order valence-electron chi connectivity index (χ2n) is 5.34. The van der Waals surface area contributed by atoms with E-state index in [0.29, 0.717) is 10.8 Å². The largest absolute Gasteiger partial charge is 0.480 e. The summed E-state index contributed by atoms with van der Waals surface area (Å²) in [7, 11) is 0. The van der Waals surface area contributed by atoms with Crippen molar-refractivity contribution in [3.8, 4) is 0 Å². The normalized spacial score (nSPS) is 11.9. The first kappa shape index (κ1) is 15.6. The fraction of sp³-hybridized carbons (Fsp3) is 0.176. The summed E-state index contributed by atoms with van der Waals surface area (Å²) in [5.74, 6) is -1.33. The number of hydrogen-bond acceptors (Lipinski definition) is 5. The van der Waals surface area contributed by atoms with E-state index >= 15 is 0 Å². The van der Waals surface area contributed by atoms with Gasteiger partial charge in [0.05, 0.1) is 13.2 Å². The van der Waals surface area contributed by atoms with Gasteiger partial charge in [-0.05, 0) is 29.8 Å². The lowest BCUT2D eigenvalue weighted by Gasteiger charge is -2.25. The van der Waals surface area contributed by atoms with Gasteiger partial charge in [-0.3, -0.25) is 9.59 Å². The number of fused-ring (bicyclic) bond motifs is 2. The average Bonchev–Trinajstić information content (AvgIpc) is 2.57. The van der Waals surface area contributed by atoms with Crippen LogP contribution in [0.5, 0.6) is 0 Å². The van der Waals surface area contributed by atoms with Crippen molar-refractivity contribution in [3.63, 3.8) is 0 Å². The molecule has 0 atom stereocenters. The van der Waals surface area contributed by atoms with Gasteiger partial charge in [-0.2, -0.15) is 0 Å². The molecule has 3 N–H and O–H groups in total. The van der Waals surface area contributed by atoms with Gasteiger partial charge in [0.2, 0.25) is 0 Å². The molecule has 0 aliphatic heterocycles. The maximum absolute atomic E-state index is 12.6. The van der Waals surface area contributed by atoms with Gasteiger partial charge in [0.25, 0.3) is 0 Å². The second-order valence-corrected chi connectivity index (χ2v) is 6.43. The van der Waals surface area contributed by atoms with E-state index < -0.39 is 24.6 Å². The number of aliphatic carboxylic acids is 1. The quantitative estimate of drug-likeness (QED) is 0.633. The molecule has 3 rings (SSSR count). The smallest absolute Gasteiger partial charge is 0.318 e. The number of carbonyl (C=O) groups is 1. The monoisotopic (exact) mass is 330 g/mol. The molecule has 0 radical (unpaired) electrons. The molecule has 23 heavy (non-hydrogen) atoms.